The van der Waals surface area contributed by atoms with Gasteiger partial charge in [0, 0.05) is 37.1 Å². The number of methoxy groups -OCH3 is 2. The van der Waals surface area contributed by atoms with Crippen LogP contribution >= 0.6 is 11.8 Å². The van der Waals surface area contributed by atoms with E-state index in [0.717, 1.165) is 4.90 Å². The molecule has 120 valence electrons. The van der Waals surface area contributed by atoms with Gasteiger partial charge in [-0.15, -0.1) is 11.8 Å². The fraction of sp³-hybridized carbons (Fsp3) is 0.538. The minimum absolute atomic E-state index is 0.0471. The van der Waals surface area contributed by atoms with Crippen molar-refractivity contribution in [3.8, 4) is 0 Å². The molecule has 1 unspecified atom stereocenters. The lowest BCUT2D eigenvalue weighted by molar-refractivity contribution is 0.0320. The van der Waals surface area contributed by atoms with Crippen LogP contribution in [0.25, 0.3) is 0 Å². The highest BCUT2D eigenvalue weighted by Gasteiger charge is 2.14. The average Bonchev–Trinajstić information content (AvgIpc) is 2.45. The van der Waals surface area contributed by atoms with Gasteiger partial charge in [0.05, 0.1) is 18.5 Å². The molecular formula is C13H22N2O4S2. The normalized spacial score (nSPS) is 13.2. The van der Waals surface area contributed by atoms with Crippen molar-refractivity contribution in [2.45, 2.75) is 11.0 Å². The highest BCUT2D eigenvalue weighted by Crippen LogP contribution is 2.19. The maximum atomic E-state index is 11.9. The van der Waals surface area contributed by atoms with Crippen molar-refractivity contribution in [1.82, 2.24) is 4.72 Å². The first-order valence-corrected chi connectivity index (χ1v) is 9.08. The predicted octanol–water partition coefficient (Wildman–Crippen LogP) is 0.942. The van der Waals surface area contributed by atoms with E-state index >= 15 is 0 Å². The molecule has 0 aromatic heterocycles. The van der Waals surface area contributed by atoms with Crippen LogP contribution in [0.4, 0.5) is 5.69 Å². The minimum atomic E-state index is -3.31. The van der Waals surface area contributed by atoms with E-state index in [1.165, 1.54) is 18.9 Å². The number of nitrogen functional groups attached to an aromatic ring is 1. The largest absolute Gasteiger partial charge is 0.399 e. The van der Waals surface area contributed by atoms with E-state index in [1.54, 1.807) is 19.2 Å². The molecule has 0 spiro atoms. The van der Waals surface area contributed by atoms with Gasteiger partial charge < -0.3 is 15.2 Å². The van der Waals surface area contributed by atoms with Crippen LogP contribution in [0.15, 0.2) is 29.2 Å². The van der Waals surface area contributed by atoms with Gasteiger partial charge in [0.1, 0.15) is 0 Å². The van der Waals surface area contributed by atoms with Crippen molar-refractivity contribution in [1.29, 1.82) is 0 Å². The number of rotatable bonds is 10. The van der Waals surface area contributed by atoms with Crippen molar-refractivity contribution in [3.63, 3.8) is 0 Å². The standard InChI is InChI=1S/C13H22N2O4S2/c1-18-10-12(19-2)9-15-21(16,17)8-7-20-13-5-3-11(14)4-6-13/h3-6,12,15H,7-10,14H2,1-2H3. The number of ether oxygens (including phenoxy) is 2. The second-order valence-electron chi connectivity index (χ2n) is 4.40. The molecule has 0 fully saturated rings. The molecule has 0 saturated carbocycles. The third-order valence-electron chi connectivity index (χ3n) is 2.72. The Kier molecular flexibility index (Phi) is 8.05. The Labute approximate surface area is 130 Å². The molecule has 8 heteroatoms. The molecule has 0 amide bonds. The Morgan fingerprint density at radius 1 is 1.29 bits per heavy atom. The van der Waals surface area contributed by atoms with Crippen molar-refractivity contribution in [3.05, 3.63) is 24.3 Å². The van der Waals surface area contributed by atoms with Gasteiger partial charge in [0.15, 0.2) is 0 Å². The maximum Gasteiger partial charge on any atom is 0.212 e. The molecule has 3 N–H and O–H groups in total. The smallest absolute Gasteiger partial charge is 0.212 e. The Balaban J connectivity index is 2.33. The molecule has 1 rings (SSSR count). The quantitative estimate of drug-likeness (QED) is 0.489. The summed E-state index contributed by atoms with van der Waals surface area (Å²) in [6.07, 6.45) is -0.283. The van der Waals surface area contributed by atoms with Crippen molar-refractivity contribution in [2.24, 2.45) is 0 Å². The molecule has 0 aliphatic heterocycles. The SMILES string of the molecule is COCC(CNS(=O)(=O)CCSc1ccc(N)cc1)OC. The van der Waals surface area contributed by atoms with E-state index in [1.807, 2.05) is 12.1 Å². The van der Waals surface area contributed by atoms with Gasteiger partial charge >= 0.3 is 0 Å². The number of nitrogens with two attached hydrogens (primary N) is 1. The van der Waals surface area contributed by atoms with Gasteiger partial charge in [-0.2, -0.15) is 0 Å². The molecule has 21 heavy (non-hydrogen) atoms. The molecule has 1 aromatic rings. The fourth-order valence-corrected chi connectivity index (χ4v) is 3.88. The molecule has 0 radical (unpaired) electrons. The molecule has 0 aliphatic carbocycles. The van der Waals surface area contributed by atoms with Gasteiger partial charge in [-0.05, 0) is 24.3 Å². The number of anilines is 1. The summed E-state index contributed by atoms with van der Waals surface area (Å²) in [4.78, 5) is 0.994. The first-order chi connectivity index (χ1) is 9.96. The molecule has 0 aliphatic rings. The van der Waals surface area contributed by atoms with E-state index in [0.29, 0.717) is 18.0 Å². The van der Waals surface area contributed by atoms with Crippen molar-refractivity contribution >= 4 is 27.5 Å². The molecule has 0 saturated heterocycles. The van der Waals surface area contributed by atoms with Crippen molar-refractivity contribution in [2.75, 3.05) is 44.6 Å². The second kappa shape index (κ2) is 9.26. The van der Waals surface area contributed by atoms with Crippen LogP contribution in [0.2, 0.25) is 0 Å². The molecule has 0 bridgehead atoms. The first kappa shape index (κ1) is 18.2. The Hall–Kier alpha value is -0.800. The van der Waals surface area contributed by atoms with Crippen molar-refractivity contribution < 1.29 is 17.9 Å². The van der Waals surface area contributed by atoms with E-state index in [9.17, 15) is 8.42 Å². The minimum Gasteiger partial charge on any atom is -0.399 e. The lowest BCUT2D eigenvalue weighted by atomic mass is 10.3. The van der Waals surface area contributed by atoms with Gasteiger partial charge in [-0.25, -0.2) is 13.1 Å². The average molecular weight is 334 g/mol. The summed E-state index contributed by atoms with van der Waals surface area (Å²) in [6, 6.07) is 7.34. The zero-order valence-electron chi connectivity index (χ0n) is 12.2. The number of nitrogens with one attached hydrogen (secondary N) is 1. The van der Waals surface area contributed by atoms with Crippen LogP contribution < -0.4 is 10.5 Å². The third-order valence-corrected chi connectivity index (χ3v) is 5.34. The Morgan fingerprint density at radius 2 is 1.95 bits per heavy atom. The monoisotopic (exact) mass is 334 g/mol. The Bertz CT molecular complexity index is 505. The summed E-state index contributed by atoms with van der Waals surface area (Å²) < 4.78 is 36.3. The third kappa shape index (κ3) is 7.68. The summed E-state index contributed by atoms with van der Waals surface area (Å²) in [5, 5.41) is 0. The lowest BCUT2D eigenvalue weighted by Crippen LogP contribution is -2.37. The van der Waals surface area contributed by atoms with E-state index in [4.69, 9.17) is 15.2 Å². The topological polar surface area (TPSA) is 90.7 Å². The van der Waals surface area contributed by atoms with Crippen LogP contribution in [0, 0.1) is 0 Å². The number of sulfonamides is 1. The van der Waals surface area contributed by atoms with Crippen LogP contribution in [-0.2, 0) is 19.5 Å². The first-order valence-electron chi connectivity index (χ1n) is 6.44. The summed E-state index contributed by atoms with van der Waals surface area (Å²) in [5.41, 5.74) is 6.29. The maximum absolute atomic E-state index is 11.9. The highest BCUT2D eigenvalue weighted by atomic mass is 32.2. The summed E-state index contributed by atoms with van der Waals surface area (Å²) >= 11 is 1.48. The van der Waals surface area contributed by atoms with Crippen LogP contribution in [-0.4, -0.2) is 53.4 Å². The summed E-state index contributed by atoms with van der Waals surface area (Å²) in [7, 11) is -0.246. The number of hydrogen-bond acceptors (Lipinski definition) is 6. The lowest BCUT2D eigenvalue weighted by Gasteiger charge is -2.15. The number of thioether (sulfide) groups is 1. The molecule has 0 heterocycles. The highest BCUT2D eigenvalue weighted by molar-refractivity contribution is 8.00. The Morgan fingerprint density at radius 3 is 2.52 bits per heavy atom. The van der Waals surface area contributed by atoms with E-state index < -0.39 is 10.0 Å². The number of hydrogen-bond donors (Lipinski definition) is 2. The zero-order chi connectivity index (χ0) is 15.7. The predicted molar refractivity (Wildman–Crippen MR) is 86.0 cm³/mol. The number of benzene rings is 1. The molecule has 6 nitrogen and oxygen atoms in total. The molecule has 1 aromatic carbocycles. The second-order valence-corrected chi connectivity index (χ2v) is 7.49. The van der Waals surface area contributed by atoms with Crippen LogP contribution in [0.5, 0.6) is 0 Å². The zero-order valence-corrected chi connectivity index (χ0v) is 13.9. The van der Waals surface area contributed by atoms with E-state index in [2.05, 4.69) is 4.72 Å². The summed E-state index contributed by atoms with van der Waals surface area (Å²) in [6.45, 7) is 0.554. The van der Waals surface area contributed by atoms with Crippen LogP contribution in [0.3, 0.4) is 0 Å². The molecule has 1 atom stereocenters. The van der Waals surface area contributed by atoms with Gasteiger partial charge in [-0.1, -0.05) is 0 Å². The van der Waals surface area contributed by atoms with E-state index in [-0.39, 0.29) is 18.4 Å². The van der Waals surface area contributed by atoms with Crippen LogP contribution in [0.1, 0.15) is 0 Å². The summed E-state index contributed by atoms with van der Waals surface area (Å²) in [5.74, 6) is 0.520. The fourth-order valence-electron chi connectivity index (χ4n) is 1.52. The van der Waals surface area contributed by atoms with Gasteiger partial charge in [-0.3, -0.25) is 0 Å². The van der Waals surface area contributed by atoms with Gasteiger partial charge in [0.2, 0.25) is 10.0 Å². The van der Waals surface area contributed by atoms with Gasteiger partial charge in [0.25, 0.3) is 0 Å². The molecular weight excluding hydrogens is 312 g/mol.